The molecule has 3 aromatic carbocycles. The van der Waals surface area contributed by atoms with Crippen molar-refractivity contribution in [3.8, 4) is 5.69 Å². The van der Waals surface area contributed by atoms with E-state index in [9.17, 15) is 10.0 Å². The van der Waals surface area contributed by atoms with Gasteiger partial charge < -0.3 is 14.6 Å². The molecule has 0 unspecified atom stereocenters. The first-order valence-corrected chi connectivity index (χ1v) is 8.56. The maximum atomic E-state index is 9.72. The molecule has 0 aliphatic carbocycles. The van der Waals surface area contributed by atoms with Crippen molar-refractivity contribution in [1.82, 2.24) is 4.57 Å². The number of aromatic nitrogens is 1. The van der Waals surface area contributed by atoms with Crippen LogP contribution in [0.1, 0.15) is 25.3 Å². The number of nitrogens with zero attached hydrogens (tertiary/aromatic N) is 1. The molecule has 0 aliphatic rings. The molecule has 0 saturated heterocycles. The normalized spacial score (nSPS) is 11.6. The number of fused-ring (bicyclic) bond motifs is 3. The summed E-state index contributed by atoms with van der Waals surface area (Å²) in [6.45, 7) is 4.22. The molecular formula is C21H20BNO2. The van der Waals surface area contributed by atoms with E-state index in [0.29, 0.717) is 11.4 Å². The topological polar surface area (TPSA) is 45.4 Å². The van der Waals surface area contributed by atoms with Crippen LogP contribution in [0.3, 0.4) is 0 Å². The average Bonchev–Trinajstić information content (AvgIpc) is 2.96. The van der Waals surface area contributed by atoms with Crippen molar-refractivity contribution < 1.29 is 10.0 Å². The lowest BCUT2D eigenvalue weighted by atomic mass is 9.78. The van der Waals surface area contributed by atoms with Gasteiger partial charge in [-0.2, -0.15) is 0 Å². The Morgan fingerprint density at radius 1 is 0.800 bits per heavy atom. The second kappa shape index (κ2) is 6.06. The van der Waals surface area contributed by atoms with Gasteiger partial charge in [-0.15, -0.1) is 0 Å². The number of benzene rings is 3. The first-order valence-electron chi connectivity index (χ1n) is 8.56. The van der Waals surface area contributed by atoms with Crippen LogP contribution in [0.5, 0.6) is 0 Å². The Morgan fingerprint density at radius 2 is 1.36 bits per heavy atom. The second-order valence-corrected chi connectivity index (χ2v) is 6.76. The van der Waals surface area contributed by atoms with E-state index < -0.39 is 7.12 Å². The van der Waals surface area contributed by atoms with Crippen molar-refractivity contribution >= 4 is 34.4 Å². The highest BCUT2D eigenvalue weighted by Crippen LogP contribution is 2.32. The second-order valence-electron chi connectivity index (χ2n) is 6.76. The number of hydrogen-bond acceptors (Lipinski definition) is 2. The van der Waals surface area contributed by atoms with Gasteiger partial charge in [-0.05, 0) is 41.2 Å². The van der Waals surface area contributed by atoms with Crippen LogP contribution in [0.2, 0.25) is 0 Å². The molecule has 4 rings (SSSR count). The lowest BCUT2D eigenvalue weighted by Crippen LogP contribution is -2.30. The molecule has 0 amide bonds. The van der Waals surface area contributed by atoms with Gasteiger partial charge in [0, 0.05) is 16.5 Å². The minimum absolute atomic E-state index is 0.297. The van der Waals surface area contributed by atoms with Crippen LogP contribution < -0.4 is 5.46 Å². The van der Waals surface area contributed by atoms with Crippen molar-refractivity contribution in [1.29, 1.82) is 0 Å². The largest absolute Gasteiger partial charge is 0.488 e. The maximum Gasteiger partial charge on any atom is 0.488 e. The van der Waals surface area contributed by atoms with Crippen molar-refractivity contribution in [2.45, 2.75) is 19.8 Å². The van der Waals surface area contributed by atoms with Gasteiger partial charge in [-0.25, -0.2) is 0 Å². The first-order chi connectivity index (χ1) is 12.1. The van der Waals surface area contributed by atoms with Crippen molar-refractivity contribution in [3.05, 3.63) is 72.3 Å². The van der Waals surface area contributed by atoms with Crippen molar-refractivity contribution in [2.75, 3.05) is 0 Å². The summed E-state index contributed by atoms with van der Waals surface area (Å²) in [6.07, 6.45) is 0. The Hall–Kier alpha value is -2.56. The van der Waals surface area contributed by atoms with E-state index in [4.69, 9.17) is 0 Å². The van der Waals surface area contributed by atoms with Gasteiger partial charge in [0.2, 0.25) is 0 Å². The van der Waals surface area contributed by atoms with Gasteiger partial charge in [0.15, 0.2) is 0 Å². The SMILES string of the molecule is CC(C)c1cc(B(O)O)cc(-n2c3ccccc3c3ccccc32)c1. The van der Waals surface area contributed by atoms with Crippen LogP contribution in [0.4, 0.5) is 0 Å². The van der Waals surface area contributed by atoms with E-state index in [1.165, 1.54) is 10.8 Å². The van der Waals surface area contributed by atoms with E-state index in [-0.39, 0.29) is 0 Å². The molecule has 0 fully saturated rings. The molecule has 4 heteroatoms. The Bertz CT molecular complexity index is 987. The van der Waals surface area contributed by atoms with Gasteiger partial charge >= 0.3 is 7.12 Å². The lowest BCUT2D eigenvalue weighted by molar-refractivity contribution is 0.425. The minimum Gasteiger partial charge on any atom is -0.423 e. The van der Waals surface area contributed by atoms with E-state index in [1.54, 1.807) is 0 Å². The molecule has 0 aliphatic heterocycles. The molecule has 3 nitrogen and oxygen atoms in total. The standard InChI is InChI=1S/C21H20BNO2/c1-14(2)15-11-16(22(24)25)13-17(12-15)23-20-9-5-3-7-18(20)19-8-4-6-10-21(19)23/h3-14,24-25H,1-2H3. The smallest absolute Gasteiger partial charge is 0.423 e. The molecule has 124 valence electrons. The van der Waals surface area contributed by atoms with Gasteiger partial charge in [-0.1, -0.05) is 56.3 Å². The summed E-state index contributed by atoms with van der Waals surface area (Å²) in [6, 6.07) is 22.5. The zero-order chi connectivity index (χ0) is 17.6. The zero-order valence-corrected chi connectivity index (χ0v) is 14.3. The van der Waals surface area contributed by atoms with E-state index in [2.05, 4.69) is 48.7 Å². The number of rotatable bonds is 3. The third-order valence-electron chi connectivity index (χ3n) is 4.77. The monoisotopic (exact) mass is 329 g/mol. The summed E-state index contributed by atoms with van der Waals surface area (Å²) in [4.78, 5) is 0. The molecule has 25 heavy (non-hydrogen) atoms. The van der Waals surface area contributed by atoms with Crippen molar-refractivity contribution in [2.24, 2.45) is 0 Å². The fourth-order valence-corrected chi connectivity index (χ4v) is 3.47. The van der Waals surface area contributed by atoms with E-state index >= 15 is 0 Å². The van der Waals surface area contributed by atoms with Crippen LogP contribution >= 0.6 is 0 Å². The minimum atomic E-state index is -1.48. The van der Waals surface area contributed by atoms with Crippen LogP contribution in [-0.2, 0) is 0 Å². The molecule has 2 N–H and O–H groups in total. The third-order valence-corrected chi connectivity index (χ3v) is 4.77. The summed E-state index contributed by atoms with van der Waals surface area (Å²) in [5.41, 5.74) is 4.78. The molecule has 0 saturated carbocycles. The Balaban J connectivity index is 2.10. The van der Waals surface area contributed by atoms with Gasteiger partial charge in [0.25, 0.3) is 0 Å². The molecule has 0 radical (unpaired) electrons. The molecule has 1 aromatic heterocycles. The Labute approximate surface area is 147 Å². The van der Waals surface area contributed by atoms with E-state index in [0.717, 1.165) is 22.3 Å². The van der Waals surface area contributed by atoms with Crippen LogP contribution in [-0.4, -0.2) is 21.7 Å². The summed E-state index contributed by atoms with van der Waals surface area (Å²) >= 11 is 0. The summed E-state index contributed by atoms with van der Waals surface area (Å²) in [5, 5.41) is 21.8. The summed E-state index contributed by atoms with van der Waals surface area (Å²) in [7, 11) is -1.48. The Kier molecular flexibility index (Phi) is 3.87. The number of para-hydroxylation sites is 2. The highest BCUT2D eigenvalue weighted by Gasteiger charge is 2.17. The fraction of sp³-hybridized carbons (Fsp3) is 0.143. The van der Waals surface area contributed by atoms with Crippen LogP contribution in [0, 0.1) is 0 Å². The summed E-state index contributed by atoms with van der Waals surface area (Å²) < 4.78 is 2.20. The maximum absolute atomic E-state index is 9.72. The van der Waals surface area contributed by atoms with E-state index in [1.807, 2.05) is 36.4 Å². The van der Waals surface area contributed by atoms with Crippen molar-refractivity contribution in [3.63, 3.8) is 0 Å². The Morgan fingerprint density at radius 3 is 1.88 bits per heavy atom. The highest BCUT2D eigenvalue weighted by molar-refractivity contribution is 6.58. The highest BCUT2D eigenvalue weighted by atomic mass is 16.4. The quantitative estimate of drug-likeness (QED) is 0.564. The van der Waals surface area contributed by atoms with Gasteiger partial charge in [0.05, 0.1) is 11.0 Å². The lowest BCUT2D eigenvalue weighted by Gasteiger charge is -2.14. The predicted molar refractivity (Wildman–Crippen MR) is 105 cm³/mol. The molecule has 4 aromatic rings. The van der Waals surface area contributed by atoms with Crippen LogP contribution in [0.15, 0.2) is 66.7 Å². The third kappa shape index (κ3) is 2.64. The first kappa shape index (κ1) is 15.9. The fourth-order valence-electron chi connectivity index (χ4n) is 3.47. The predicted octanol–water partition coefficient (Wildman–Crippen LogP) is 3.59. The molecule has 1 heterocycles. The van der Waals surface area contributed by atoms with Crippen LogP contribution in [0.25, 0.3) is 27.5 Å². The van der Waals surface area contributed by atoms with Gasteiger partial charge in [0.1, 0.15) is 0 Å². The average molecular weight is 329 g/mol. The number of hydrogen-bond donors (Lipinski definition) is 2. The molecule has 0 bridgehead atoms. The van der Waals surface area contributed by atoms with Gasteiger partial charge in [-0.3, -0.25) is 0 Å². The summed E-state index contributed by atoms with van der Waals surface area (Å²) in [5.74, 6) is 0.297. The molecular weight excluding hydrogens is 309 g/mol. The zero-order valence-electron chi connectivity index (χ0n) is 14.3. The molecule has 0 spiro atoms. The molecule has 0 atom stereocenters.